The van der Waals surface area contributed by atoms with Gasteiger partial charge in [-0.05, 0) is 43.5 Å². The van der Waals surface area contributed by atoms with Crippen LogP contribution in [0.25, 0.3) is 0 Å². The third kappa shape index (κ3) is 2.34. The average Bonchev–Trinajstić information content (AvgIpc) is 2.62. The van der Waals surface area contributed by atoms with Crippen molar-refractivity contribution in [2.75, 3.05) is 6.54 Å². The van der Waals surface area contributed by atoms with Crippen molar-refractivity contribution in [1.29, 1.82) is 0 Å². The van der Waals surface area contributed by atoms with Gasteiger partial charge in [0, 0.05) is 10.5 Å². The van der Waals surface area contributed by atoms with Gasteiger partial charge < -0.3 is 5.32 Å². The molecule has 0 radical (unpaired) electrons. The van der Waals surface area contributed by atoms with E-state index in [4.69, 9.17) is 0 Å². The van der Waals surface area contributed by atoms with Crippen LogP contribution in [0.4, 0.5) is 4.39 Å². The van der Waals surface area contributed by atoms with Gasteiger partial charge in [0.05, 0.1) is 0 Å². The number of hydrogen-bond donors (Lipinski definition) is 1. The van der Waals surface area contributed by atoms with Crippen LogP contribution in [0, 0.1) is 5.82 Å². The molecule has 1 fully saturated rings. The molecule has 1 nitrogen and oxygen atoms in total. The van der Waals surface area contributed by atoms with Crippen molar-refractivity contribution in [1.82, 2.24) is 5.32 Å². The van der Waals surface area contributed by atoms with E-state index in [0.29, 0.717) is 6.04 Å². The van der Waals surface area contributed by atoms with Gasteiger partial charge in [-0.1, -0.05) is 22.0 Å². The van der Waals surface area contributed by atoms with E-state index in [-0.39, 0.29) is 5.82 Å². The van der Waals surface area contributed by atoms with E-state index < -0.39 is 0 Å². The molecule has 1 aromatic rings. The first-order chi connectivity index (χ1) is 6.75. The summed E-state index contributed by atoms with van der Waals surface area (Å²) in [5, 5.41) is 3.37. The van der Waals surface area contributed by atoms with Gasteiger partial charge in [0.15, 0.2) is 0 Å². The van der Waals surface area contributed by atoms with E-state index >= 15 is 0 Å². The van der Waals surface area contributed by atoms with Gasteiger partial charge in [-0.3, -0.25) is 0 Å². The predicted molar refractivity (Wildman–Crippen MR) is 58.8 cm³/mol. The van der Waals surface area contributed by atoms with Gasteiger partial charge in [0.2, 0.25) is 0 Å². The van der Waals surface area contributed by atoms with E-state index in [1.807, 2.05) is 12.1 Å². The summed E-state index contributed by atoms with van der Waals surface area (Å²) in [6.07, 6.45) is 3.18. The van der Waals surface area contributed by atoms with Crippen LogP contribution in [0.5, 0.6) is 0 Å². The molecule has 0 bridgehead atoms. The molecule has 1 aromatic carbocycles. The van der Waals surface area contributed by atoms with Crippen molar-refractivity contribution >= 4 is 15.9 Å². The van der Waals surface area contributed by atoms with Gasteiger partial charge >= 0.3 is 0 Å². The van der Waals surface area contributed by atoms with Gasteiger partial charge in [-0.25, -0.2) is 4.39 Å². The lowest BCUT2D eigenvalue weighted by molar-refractivity contribution is 0.560. The number of benzene rings is 1. The van der Waals surface area contributed by atoms with Crippen LogP contribution in [0.1, 0.15) is 18.4 Å². The molecule has 1 atom stereocenters. The molecule has 0 aliphatic carbocycles. The monoisotopic (exact) mass is 257 g/mol. The zero-order chi connectivity index (χ0) is 9.97. The minimum atomic E-state index is -0.104. The minimum Gasteiger partial charge on any atom is -0.314 e. The maximum atomic E-state index is 13.4. The van der Waals surface area contributed by atoms with Crippen LogP contribution in [0.2, 0.25) is 0 Å². The molecule has 0 spiro atoms. The third-order valence-corrected chi connectivity index (χ3v) is 3.14. The lowest BCUT2D eigenvalue weighted by Crippen LogP contribution is -2.24. The molecule has 14 heavy (non-hydrogen) atoms. The molecule has 1 saturated heterocycles. The van der Waals surface area contributed by atoms with Crippen molar-refractivity contribution in [3.8, 4) is 0 Å². The second kappa shape index (κ2) is 4.41. The number of hydrogen-bond acceptors (Lipinski definition) is 1. The number of nitrogens with one attached hydrogen (secondary N) is 1. The number of halogens is 2. The minimum absolute atomic E-state index is 0.104. The van der Waals surface area contributed by atoms with Crippen LogP contribution < -0.4 is 5.32 Å². The summed E-state index contributed by atoms with van der Waals surface area (Å²) < 4.78 is 14.2. The molecule has 1 N–H and O–H groups in total. The molecule has 3 heteroatoms. The second-order valence-corrected chi connectivity index (χ2v) is 4.65. The van der Waals surface area contributed by atoms with Crippen LogP contribution in [0.3, 0.4) is 0 Å². The molecule has 0 aromatic heterocycles. The van der Waals surface area contributed by atoms with E-state index in [1.54, 1.807) is 0 Å². The summed E-state index contributed by atoms with van der Waals surface area (Å²) in [7, 11) is 0. The quantitative estimate of drug-likeness (QED) is 0.860. The maximum absolute atomic E-state index is 13.4. The summed E-state index contributed by atoms with van der Waals surface area (Å²) in [6.45, 7) is 1.07. The Morgan fingerprint density at radius 3 is 3.00 bits per heavy atom. The highest BCUT2D eigenvalue weighted by molar-refractivity contribution is 9.10. The molecule has 2 rings (SSSR count). The first-order valence-electron chi connectivity index (χ1n) is 4.93. The van der Waals surface area contributed by atoms with Crippen LogP contribution in [-0.4, -0.2) is 12.6 Å². The van der Waals surface area contributed by atoms with E-state index in [0.717, 1.165) is 29.4 Å². The average molecular weight is 258 g/mol. The Hall–Kier alpha value is -0.410. The Morgan fingerprint density at radius 2 is 2.36 bits per heavy atom. The maximum Gasteiger partial charge on any atom is 0.127 e. The third-order valence-electron chi connectivity index (χ3n) is 2.64. The zero-order valence-corrected chi connectivity index (χ0v) is 9.48. The summed E-state index contributed by atoms with van der Waals surface area (Å²) in [4.78, 5) is 0. The molecule has 76 valence electrons. The summed E-state index contributed by atoms with van der Waals surface area (Å²) in [6, 6.07) is 5.75. The normalized spacial score (nSPS) is 21.4. The predicted octanol–water partition coefficient (Wildman–Crippen LogP) is 2.88. The fourth-order valence-corrected chi connectivity index (χ4v) is 2.22. The zero-order valence-electron chi connectivity index (χ0n) is 7.89. The van der Waals surface area contributed by atoms with Crippen molar-refractivity contribution in [2.45, 2.75) is 25.3 Å². The molecule has 1 unspecified atom stereocenters. The second-order valence-electron chi connectivity index (χ2n) is 3.73. The summed E-state index contributed by atoms with van der Waals surface area (Å²) in [5.41, 5.74) is 0.813. The van der Waals surface area contributed by atoms with Gasteiger partial charge in [0.1, 0.15) is 5.82 Å². The molecule has 0 saturated carbocycles. The Labute approximate surface area is 91.8 Å². The summed E-state index contributed by atoms with van der Waals surface area (Å²) in [5.74, 6) is -0.104. The van der Waals surface area contributed by atoms with Gasteiger partial charge in [0.25, 0.3) is 0 Å². The smallest absolute Gasteiger partial charge is 0.127 e. The highest BCUT2D eigenvalue weighted by Crippen LogP contribution is 2.18. The van der Waals surface area contributed by atoms with Crippen molar-refractivity contribution in [2.24, 2.45) is 0 Å². The Morgan fingerprint density at radius 1 is 1.50 bits per heavy atom. The Balaban J connectivity index is 2.08. The highest BCUT2D eigenvalue weighted by Gasteiger charge is 2.16. The van der Waals surface area contributed by atoms with Crippen LogP contribution in [0.15, 0.2) is 22.7 Å². The molecule has 0 amide bonds. The van der Waals surface area contributed by atoms with Crippen molar-refractivity contribution < 1.29 is 4.39 Å². The summed E-state index contributed by atoms with van der Waals surface area (Å²) >= 11 is 3.25. The first-order valence-corrected chi connectivity index (χ1v) is 5.72. The fourth-order valence-electron chi connectivity index (χ4n) is 1.88. The standard InChI is InChI=1S/C11H13BrFN/c12-9-4-3-8(11(13)7-9)6-10-2-1-5-14-10/h3-4,7,10,14H,1-2,5-6H2. The van der Waals surface area contributed by atoms with Crippen molar-refractivity contribution in [3.63, 3.8) is 0 Å². The van der Waals surface area contributed by atoms with Gasteiger partial charge in [-0.15, -0.1) is 0 Å². The fraction of sp³-hybridized carbons (Fsp3) is 0.455. The number of rotatable bonds is 2. The van der Waals surface area contributed by atoms with E-state index in [2.05, 4.69) is 21.2 Å². The highest BCUT2D eigenvalue weighted by atomic mass is 79.9. The van der Waals surface area contributed by atoms with Crippen LogP contribution >= 0.6 is 15.9 Å². The molecular formula is C11H13BrFN. The first kappa shape index (κ1) is 10.1. The van der Waals surface area contributed by atoms with Crippen molar-refractivity contribution in [3.05, 3.63) is 34.1 Å². The molecule has 1 heterocycles. The lowest BCUT2D eigenvalue weighted by Gasteiger charge is -2.10. The largest absolute Gasteiger partial charge is 0.314 e. The SMILES string of the molecule is Fc1cc(Br)ccc1CC1CCCN1. The van der Waals surface area contributed by atoms with Crippen LogP contribution in [-0.2, 0) is 6.42 Å². The van der Waals surface area contributed by atoms with E-state index in [9.17, 15) is 4.39 Å². The van der Waals surface area contributed by atoms with E-state index in [1.165, 1.54) is 12.5 Å². The topological polar surface area (TPSA) is 12.0 Å². The molecular weight excluding hydrogens is 245 g/mol. The lowest BCUT2D eigenvalue weighted by atomic mass is 10.0. The molecule has 1 aliphatic rings. The Kier molecular flexibility index (Phi) is 3.19. The van der Waals surface area contributed by atoms with Gasteiger partial charge in [-0.2, -0.15) is 0 Å². The Bertz CT molecular complexity index is 321. The molecule has 1 aliphatic heterocycles.